The minimum atomic E-state index is -0.225. The van der Waals surface area contributed by atoms with E-state index in [4.69, 9.17) is 10.2 Å². The number of aliphatic hydroxyl groups is 2. The summed E-state index contributed by atoms with van der Waals surface area (Å²) in [5.74, 6) is -0.225. The summed E-state index contributed by atoms with van der Waals surface area (Å²) in [4.78, 5) is 10.9. The van der Waals surface area contributed by atoms with E-state index in [2.05, 4.69) is 10.1 Å². The van der Waals surface area contributed by atoms with Crippen molar-refractivity contribution in [3.63, 3.8) is 0 Å². The summed E-state index contributed by atoms with van der Waals surface area (Å²) in [7, 11) is 1.37. The van der Waals surface area contributed by atoms with Gasteiger partial charge in [-0.2, -0.15) is 0 Å². The minimum absolute atomic E-state index is 0.0648. The highest BCUT2D eigenvalue weighted by molar-refractivity contribution is 5.69. The van der Waals surface area contributed by atoms with Crippen molar-refractivity contribution < 1.29 is 19.7 Å². The van der Waals surface area contributed by atoms with E-state index in [0.29, 0.717) is 19.4 Å². The van der Waals surface area contributed by atoms with E-state index in [1.54, 1.807) is 6.07 Å². The smallest absolute Gasteiger partial charge is 0.305 e. The van der Waals surface area contributed by atoms with Crippen LogP contribution in [0, 0.1) is 0 Å². The van der Waals surface area contributed by atoms with Gasteiger partial charge in [-0.3, -0.25) is 4.79 Å². The molecule has 0 saturated carbocycles. The van der Waals surface area contributed by atoms with Crippen LogP contribution in [-0.4, -0.2) is 29.8 Å². The fourth-order valence-corrected chi connectivity index (χ4v) is 1.61. The van der Waals surface area contributed by atoms with Crippen molar-refractivity contribution in [3.8, 4) is 0 Å². The Kier molecular flexibility index (Phi) is 6.18. The normalized spacial score (nSPS) is 10.2. The Balaban J connectivity index is 2.48. The summed E-state index contributed by atoms with van der Waals surface area (Å²) < 4.78 is 4.54. The zero-order valence-corrected chi connectivity index (χ0v) is 10.5. The summed E-state index contributed by atoms with van der Waals surface area (Å²) in [5, 5.41) is 21.3. The van der Waals surface area contributed by atoms with Crippen LogP contribution in [0.25, 0.3) is 0 Å². The molecular weight excluding hydrogens is 234 g/mol. The molecule has 1 aromatic carbocycles. The minimum Gasteiger partial charge on any atom is -0.469 e. The summed E-state index contributed by atoms with van der Waals surface area (Å²) >= 11 is 0. The number of ether oxygens (including phenoxy) is 1. The van der Waals surface area contributed by atoms with Crippen LogP contribution in [0.1, 0.15) is 24.0 Å². The van der Waals surface area contributed by atoms with Crippen molar-refractivity contribution >= 4 is 11.7 Å². The Bertz CT molecular complexity index is 370. The molecular formula is C13H19NO4. The maximum Gasteiger partial charge on any atom is 0.305 e. The largest absolute Gasteiger partial charge is 0.469 e. The fourth-order valence-electron chi connectivity index (χ4n) is 1.61. The predicted molar refractivity (Wildman–Crippen MR) is 68.0 cm³/mol. The lowest BCUT2D eigenvalue weighted by atomic mass is 10.1. The van der Waals surface area contributed by atoms with E-state index >= 15 is 0 Å². The molecule has 0 amide bonds. The van der Waals surface area contributed by atoms with Crippen LogP contribution in [0.4, 0.5) is 5.69 Å². The number of rotatable bonds is 7. The van der Waals surface area contributed by atoms with Gasteiger partial charge in [-0.25, -0.2) is 0 Å². The van der Waals surface area contributed by atoms with Gasteiger partial charge in [-0.15, -0.1) is 0 Å². The maximum absolute atomic E-state index is 10.9. The molecule has 0 aliphatic heterocycles. The average Bonchev–Trinajstić information content (AvgIpc) is 2.42. The number of carbonyl (C=O) groups is 1. The van der Waals surface area contributed by atoms with Crippen LogP contribution in [0.5, 0.6) is 0 Å². The molecule has 0 atom stereocenters. The molecule has 5 nitrogen and oxygen atoms in total. The predicted octanol–water partition coefficient (Wildman–Crippen LogP) is 1.04. The molecule has 0 spiro atoms. The first-order valence-electron chi connectivity index (χ1n) is 5.85. The molecule has 0 fully saturated rings. The fraction of sp³-hybridized carbons (Fsp3) is 0.462. The molecule has 0 heterocycles. The molecule has 0 aromatic heterocycles. The first kappa shape index (κ1) is 14.5. The van der Waals surface area contributed by atoms with Gasteiger partial charge in [0.1, 0.15) is 0 Å². The van der Waals surface area contributed by atoms with Crippen molar-refractivity contribution in [1.29, 1.82) is 0 Å². The second-order valence-corrected chi connectivity index (χ2v) is 3.96. The van der Waals surface area contributed by atoms with Gasteiger partial charge in [0.2, 0.25) is 0 Å². The number of anilines is 1. The number of aliphatic hydroxyl groups excluding tert-OH is 2. The van der Waals surface area contributed by atoms with Crippen molar-refractivity contribution in [3.05, 3.63) is 29.3 Å². The molecule has 3 N–H and O–H groups in total. The lowest BCUT2D eigenvalue weighted by Gasteiger charge is -2.09. The van der Waals surface area contributed by atoms with Crippen LogP contribution in [0.2, 0.25) is 0 Å². The van der Waals surface area contributed by atoms with E-state index in [1.807, 2.05) is 12.1 Å². The first-order chi connectivity index (χ1) is 8.69. The van der Waals surface area contributed by atoms with Crippen molar-refractivity contribution in [2.24, 2.45) is 0 Å². The van der Waals surface area contributed by atoms with Gasteiger partial charge in [0.15, 0.2) is 0 Å². The highest BCUT2D eigenvalue weighted by Gasteiger charge is 2.02. The monoisotopic (exact) mass is 253 g/mol. The van der Waals surface area contributed by atoms with Gasteiger partial charge in [0, 0.05) is 18.7 Å². The Morgan fingerprint density at radius 3 is 2.33 bits per heavy atom. The zero-order valence-electron chi connectivity index (χ0n) is 10.5. The van der Waals surface area contributed by atoms with Crippen LogP contribution >= 0.6 is 0 Å². The first-order valence-corrected chi connectivity index (χ1v) is 5.85. The molecule has 18 heavy (non-hydrogen) atoms. The molecule has 100 valence electrons. The average molecular weight is 253 g/mol. The third-order valence-electron chi connectivity index (χ3n) is 2.53. The van der Waals surface area contributed by atoms with Crippen molar-refractivity contribution in [1.82, 2.24) is 0 Å². The molecule has 0 aliphatic rings. The number of carbonyl (C=O) groups excluding carboxylic acids is 1. The topological polar surface area (TPSA) is 78.8 Å². The third kappa shape index (κ3) is 4.73. The zero-order chi connectivity index (χ0) is 13.4. The van der Waals surface area contributed by atoms with E-state index in [1.165, 1.54) is 7.11 Å². The SMILES string of the molecule is COC(=O)CCCNc1cc(CO)cc(CO)c1. The number of hydrogen-bond acceptors (Lipinski definition) is 5. The number of methoxy groups -OCH3 is 1. The molecule has 5 heteroatoms. The third-order valence-corrected chi connectivity index (χ3v) is 2.53. The standard InChI is InChI=1S/C13H19NO4/c1-18-13(17)3-2-4-14-12-6-10(8-15)5-11(7-12)9-16/h5-7,14-16H,2-4,8-9H2,1H3. The van der Waals surface area contributed by atoms with Crippen LogP contribution in [0.3, 0.4) is 0 Å². The number of benzene rings is 1. The quantitative estimate of drug-likeness (QED) is 0.500. The van der Waals surface area contributed by atoms with Gasteiger partial charge < -0.3 is 20.3 Å². The molecule has 0 bridgehead atoms. The van der Waals surface area contributed by atoms with Crippen LogP contribution < -0.4 is 5.32 Å². The molecule has 0 saturated heterocycles. The number of esters is 1. The summed E-state index contributed by atoms with van der Waals surface area (Å²) in [6, 6.07) is 5.38. The van der Waals surface area contributed by atoms with E-state index in [9.17, 15) is 4.79 Å². The van der Waals surface area contributed by atoms with E-state index < -0.39 is 0 Å². The molecule has 0 unspecified atom stereocenters. The summed E-state index contributed by atoms with van der Waals surface area (Å²) in [6.07, 6.45) is 1.04. The van der Waals surface area contributed by atoms with Crippen molar-refractivity contribution in [2.75, 3.05) is 19.0 Å². The summed E-state index contributed by atoms with van der Waals surface area (Å²) in [6.45, 7) is 0.504. The second-order valence-electron chi connectivity index (χ2n) is 3.96. The van der Waals surface area contributed by atoms with Gasteiger partial charge in [-0.05, 0) is 29.7 Å². The molecule has 0 aliphatic carbocycles. The highest BCUT2D eigenvalue weighted by atomic mass is 16.5. The van der Waals surface area contributed by atoms with Crippen LogP contribution in [-0.2, 0) is 22.7 Å². The van der Waals surface area contributed by atoms with E-state index in [0.717, 1.165) is 16.8 Å². The highest BCUT2D eigenvalue weighted by Crippen LogP contribution is 2.15. The Morgan fingerprint density at radius 1 is 1.22 bits per heavy atom. The number of hydrogen-bond donors (Lipinski definition) is 3. The van der Waals surface area contributed by atoms with Gasteiger partial charge in [-0.1, -0.05) is 6.07 Å². The Morgan fingerprint density at radius 2 is 1.83 bits per heavy atom. The van der Waals surface area contributed by atoms with Gasteiger partial charge in [0.25, 0.3) is 0 Å². The maximum atomic E-state index is 10.9. The number of nitrogens with one attached hydrogen (secondary N) is 1. The van der Waals surface area contributed by atoms with E-state index in [-0.39, 0.29) is 19.2 Å². The van der Waals surface area contributed by atoms with Crippen molar-refractivity contribution in [2.45, 2.75) is 26.1 Å². The molecule has 0 radical (unpaired) electrons. The lowest BCUT2D eigenvalue weighted by molar-refractivity contribution is -0.140. The lowest BCUT2D eigenvalue weighted by Crippen LogP contribution is -2.07. The Labute approximate surface area is 106 Å². The molecule has 1 aromatic rings. The van der Waals surface area contributed by atoms with Gasteiger partial charge in [0.05, 0.1) is 20.3 Å². The summed E-state index contributed by atoms with van der Waals surface area (Å²) in [5.41, 5.74) is 2.32. The molecule has 1 rings (SSSR count). The van der Waals surface area contributed by atoms with Gasteiger partial charge >= 0.3 is 5.97 Å². The Hall–Kier alpha value is -1.59. The van der Waals surface area contributed by atoms with Crippen LogP contribution in [0.15, 0.2) is 18.2 Å². The second kappa shape index (κ2) is 7.68.